The second kappa shape index (κ2) is 5.58. The van der Waals surface area contributed by atoms with Gasteiger partial charge in [-0.2, -0.15) is 11.8 Å². The third-order valence-electron chi connectivity index (χ3n) is 3.22. The first-order valence-electron chi connectivity index (χ1n) is 5.97. The summed E-state index contributed by atoms with van der Waals surface area (Å²) in [6.45, 7) is 2.09. The van der Waals surface area contributed by atoms with Crippen molar-refractivity contribution in [2.24, 2.45) is 0 Å². The minimum Gasteiger partial charge on any atom is -0.469 e. The summed E-state index contributed by atoms with van der Waals surface area (Å²) < 4.78 is 4.67. The maximum atomic E-state index is 11.1. The zero-order chi connectivity index (χ0) is 12.3. The molecule has 0 saturated heterocycles. The van der Waals surface area contributed by atoms with Gasteiger partial charge in [0.2, 0.25) is 0 Å². The first-order valence-corrected chi connectivity index (χ1v) is 7.01. The van der Waals surface area contributed by atoms with Gasteiger partial charge in [-0.05, 0) is 23.5 Å². The number of esters is 1. The first kappa shape index (κ1) is 12.5. The smallest absolute Gasteiger partial charge is 0.306 e. The van der Waals surface area contributed by atoms with Crippen molar-refractivity contribution in [3.8, 4) is 0 Å². The molecule has 0 aliphatic heterocycles. The molecule has 92 valence electrons. The molecule has 0 aromatic heterocycles. The van der Waals surface area contributed by atoms with Crippen molar-refractivity contribution in [1.82, 2.24) is 0 Å². The Morgan fingerprint density at radius 1 is 1.53 bits per heavy atom. The van der Waals surface area contributed by atoms with Crippen LogP contribution in [0.3, 0.4) is 0 Å². The Morgan fingerprint density at radius 2 is 2.29 bits per heavy atom. The third kappa shape index (κ3) is 3.03. The van der Waals surface area contributed by atoms with E-state index < -0.39 is 0 Å². The lowest BCUT2D eigenvalue weighted by molar-refractivity contribution is -0.140. The fraction of sp³-hybridized carbons (Fsp3) is 0.500. The number of fused-ring (bicyclic) bond motifs is 1. The molecule has 0 N–H and O–H groups in total. The monoisotopic (exact) mass is 250 g/mol. The summed E-state index contributed by atoms with van der Waals surface area (Å²) in [7, 11) is 1.45. The van der Waals surface area contributed by atoms with Crippen molar-refractivity contribution in [2.45, 2.75) is 30.9 Å². The Labute approximate surface area is 107 Å². The minimum absolute atomic E-state index is 0.112. The average molecular weight is 250 g/mol. The second-order valence-corrected chi connectivity index (χ2v) is 6.00. The Morgan fingerprint density at radius 3 is 3.00 bits per heavy atom. The highest BCUT2D eigenvalue weighted by Gasteiger charge is 2.25. The van der Waals surface area contributed by atoms with E-state index in [0.717, 1.165) is 5.75 Å². The number of thioether (sulfide) groups is 1. The number of hydrogen-bond acceptors (Lipinski definition) is 3. The summed E-state index contributed by atoms with van der Waals surface area (Å²) in [5.74, 6) is 1.67. The molecule has 17 heavy (non-hydrogen) atoms. The molecular formula is C14H18O2S. The molecule has 0 radical (unpaired) electrons. The van der Waals surface area contributed by atoms with E-state index in [2.05, 4.69) is 35.9 Å². The van der Waals surface area contributed by atoms with Gasteiger partial charge in [-0.3, -0.25) is 4.79 Å². The van der Waals surface area contributed by atoms with E-state index in [4.69, 9.17) is 0 Å². The molecule has 2 unspecified atom stereocenters. The van der Waals surface area contributed by atoms with Crippen molar-refractivity contribution in [3.63, 3.8) is 0 Å². The number of hydrogen-bond donors (Lipinski definition) is 0. The van der Waals surface area contributed by atoms with Gasteiger partial charge < -0.3 is 4.74 Å². The highest BCUT2D eigenvalue weighted by molar-refractivity contribution is 7.99. The Bertz CT molecular complexity index is 403. The average Bonchev–Trinajstić information content (AvgIpc) is 2.30. The van der Waals surface area contributed by atoms with Crippen LogP contribution in [0.15, 0.2) is 24.3 Å². The molecule has 1 aromatic rings. The largest absolute Gasteiger partial charge is 0.469 e. The molecule has 2 nitrogen and oxygen atoms in total. The van der Waals surface area contributed by atoms with Crippen LogP contribution in [-0.4, -0.2) is 24.1 Å². The molecule has 0 spiro atoms. The lowest BCUT2D eigenvalue weighted by Crippen LogP contribution is -2.20. The molecule has 1 aliphatic rings. The maximum absolute atomic E-state index is 11.1. The quantitative estimate of drug-likeness (QED) is 0.751. The zero-order valence-corrected chi connectivity index (χ0v) is 11.1. The Hall–Kier alpha value is -0.960. The van der Waals surface area contributed by atoms with Crippen LogP contribution in [-0.2, 0) is 16.0 Å². The van der Waals surface area contributed by atoms with E-state index in [9.17, 15) is 4.79 Å². The summed E-state index contributed by atoms with van der Waals surface area (Å²) in [4.78, 5) is 11.1. The van der Waals surface area contributed by atoms with Gasteiger partial charge in [0.25, 0.3) is 0 Å². The van der Waals surface area contributed by atoms with Crippen molar-refractivity contribution in [1.29, 1.82) is 0 Å². The standard InChI is InChI=1S/C14H18O2S/c1-10(7-14(15)16-2)17-9-12-8-11-5-3-4-6-13(11)12/h3-6,10,12H,7-9H2,1-2H3. The second-order valence-electron chi connectivity index (χ2n) is 4.52. The van der Waals surface area contributed by atoms with Crippen LogP contribution >= 0.6 is 11.8 Å². The molecule has 1 aliphatic carbocycles. The zero-order valence-electron chi connectivity index (χ0n) is 10.3. The predicted octanol–water partition coefficient (Wildman–Crippen LogP) is 3.01. The van der Waals surface area contributed by atoms with E-state index >= 15 is 0 Å². The number of methoxy groups -OCH3 is 1. The minimum atomic E-state index is -0.112. The van der Waals surface area contributed by atoms with Crippen LogP contribution in [0.25, 0.3) is 0 Å². The van der Waals surface area contributed by atoms with Gasteiger partial charge in [0.05, 0.1) is 13.5 Å². The molecular weight excluding hydrogens is 232 g/mol. The van der Waals surface area contributed by atoms with Gasteiger partial charge in [-0.15, -0.1) is 0 Å². The lowest BCUT2D eigenvalue weighted by Gasteiger charge is -2.30. The van der Waals surface area contributed by atoms with Crippen molar-refractivity contribution in [2.75, 3.05) is 12.9 Å². The molecule has 2 atom stereocenters. The summed E-state index contributed by atoms with van der Waals surface area (Å²) in [6, 6.07) is 8.62. The van der Waals surface area contributed by atoms with Crippen LogP contribution < -0.4 is 0 Å². The molecule has 2 rings (SSSR count). The molecule has 1 aromatic carbocycles. The highest BCUT2D eigenvalue weighted by Crippen LogP contribution is 2.38. The van der Waals surface area contributed by atoms with Gasteiger partial charge >= 0.3 is 5.97 Å². The number of rotatable bonds is 5. The van der Waals surface area contributed by atoms with Crippen molar-refractivity contribution >= 4 is 17.7 Å². The fourth-order valence-electron chi connectivity index (χ4n) is 2.17. The fourth-order valence-corrected chi connectivity index (χ4v) is 3.28. The van der Waals surface area contributed by atoms with E-state index in [1.54, 1.807) is 0 Å². The van der Waals surface area contributed by atoms with Crippen LogP contribution in [0.2, 0.25) is 0 Å². The summed E-state index contributed by atoms with van der Waals surface area (Å²) in [5.41, 5.74) is 2.98. The van der Waals surface area contributed by atoms with E-state index in [1.807, 2.05) is 11.8 Å². The van der Waals surface area contributed by atoms with Crippen LogP contribution in [0, 0.1) is 0 Å². The molecule has 0 bridgehead atoms. The SMILES string of the molecule is COC(=O)CC(C)SCC1Cc2ccccc21. The molecule has 0 fully saturated rings. The first-order chi connectivity index (χ1) is 8.20. The lowest BCUT2D eigenvalue weighted by atomic mass is 9.79. The number of ether oxygens (including phenoxy) is 1. The van der Waals surface area contributed by atoms with Crippen LogP contribution in [0.5, 0.6) is 0 Å². The Kier molecular flexibility index (Phi) is 4.11. The summed E-state index contributed by atoms with van der Waals surface area (Å²) >= 11 is 1.87. The summed E-state index contributed by atoms with van der Waals surface area (Å²) in [5, 5.41) is 0.343. The number of carbonyl (C=O) groups is 1. The van der Waals surface area contributed by atoms with Gasteiger partial charge in [-0.25, -0.2) is 0 Å². The van der Waals surface area contributed by atoms with E-state index in [1.165, 1.54) is 24.7 Å². The normalized spacial score (nSPS) is 19.1. The highest BCUT2D eigenvalue weighted by atomic mass is 32.2. The Balaban J connectivity index is 1.76. The van der Waals surface area contributed by atoms with Crippen LogP contribution in [0.1, 0.15) is 30.4 Å². The van der Waals surface area contributed by atoms with E-state index in [-0.39, 0.29) is 5.97 Å². The third-order valence-corrected chi connectivity index (χ3v) is 4.56. The number of benzene rings is 1. The van der Waals surface area contributed by atoms with Crippen molar-refractivity contribution < 1.29 is 9.53 Å². The predicted molar refractivity (Wildman–Crippen MR) is 71.4 cm³/mol. The maximum Gasteiger partial charge on any atom is 0.306 e. The summed E-state index contributed by atoms with van der Waals surface area (Å²) in [6.07, 6.45) is 1.70. The van der Waals surface area contributed by atoms with Gasteiger partial charge in [-0.1, -0.05) is 31.2 Å². The van der Waals surface area contributed by atoms with Crippen LogP contribution in [0.4, 0.5) is 0 Å². The molecule has 0 amide bonds. The number of carbonyl (C=O) groups excluding carboxylic acids is 1. The van der Waals surface area contributed by atoms with Gasteiger partial charge in [0.1, 0.15) is 0 Å². The van der Waals surface area contributed by atoms with Crippen molar-refractivity contribution in [3.05, 3.63) is 35.4 Å². The van der Waals surface area contributed by atoms with Gasteiger partial charge in [0.15, 0.2) is 0 Å². The molecule has 0 saturated carbocycles. The molecule has 0 heterocycles. The van der Waals surface area contributed by atoms with E-state index in [0.29, 0.717) is 17.6 Å². The topological polar surface area (TPSA) is 26.3 Å². The van der Waals surface area contributed by atoms with Gasteiger partial charge in [0, 0.05) is 11.0 Å². The molecule has 3 heteroatoms.